The zero-order valence-corrected chi connectivity index (χ0v) is 18.8. The Kier molecular flexibility index (Phi) is 5.63. The van der Waals surface area contributed by atoms with Gasteiger partial charge in [-0.2, -0.15) is 5.10 Å². The lowest BCUT2D eigenvalue weighted by Gasteiger charge is -2.17. The van der Waals surface area contributed by atoms with Crippen molar-refractivity contribution >= 4 is 17.0 Å². The maximum atomic E-state index is 13.5. The third kappa shape index (κ3) is 4.30. The van der Waals surface area contributed by atoms with Gasteiger partial charge in [0.15, 0.2) is 0 Å². The first-order valence-electron chi connectivity index (χ1n) is 10.8. The van der Waals surface area contributed by atoms with Crippen molar-refractivity contribution in [2.75, 3.05) is 7.05 Å². The van der Waals surface area contributed by atoms with E-state index in [1.165, 1.54) is 12.1 Å². The number of rotatable bonds is 6. The number of carbonyl (C=O) groups excluding carboxylic acids is 1. The molecular formula is C26H22FN5O2. The summed E-state index contributed by atoms with van der Waals surface area (Å²) in [7, 11) is 1.74. The molecule has 0 unspecified atom stereocenters. The minimum atomic E-state index is -0.343. The molecule has 0 aliphatic carbocycles. The molecule has 3 heterocycles. The lowest BCUT2D eigenvalue weighted by Crippen LogP contribution is -2.26. The molecule has 0 N–H and O–H groups in total. The van der Waals surface area contributed by atoms with Crippen LogP contribution in [0, 0.1) is 12.7 Å². The highest BCUT2D eigenvalue weighted by molar-refractivity contribution is 6.06. The first-order chi connectivity index (χ1) is 16.5. The Balaban J connectivity index is 1.41. The van der Waals surface area contributed by atoms with Gasteiger partial charge >= 0.3 is 0 Å². The van der Waals surface area contributed by atoms with Gasteiger partial charge in [-0.15, -0.1) is 0 Å². The number of halogens is 1. The molecule has 0 saturated heterocycles. The quantitative estimate of drug-likeness (QED) is 0.366. The molecule has 5 aromatic rings. The molecule has 0 saturated carbocycles. The minimum Gasteiger partial charge on any atom is -0.337 e. The summed E-state index contributed by atoms with van der Waals surface area (Å²) in [6.07, 6.45) is 3.71. The Morgan fingerprint density at radius 2 is 1.85 bits per heavy atom. The van der Waals surface area contributed by atoms with Gasteiger partial charge in [0.2, 0.25) is 0 Å². The van der Waals surface area contributed by atoms with E-state index in [0.717, 1.165) is 11.1 Å². The van der Waals surface area contributed by atoms with Crippen molar-refractivity contribution in [2.24, 2.45) is 0 Å². The first-order valence-corrected chi connectivity index (χ1v) is 10.8. The Bertz CT molecular complexity index is 1460. The minimum absolute atomic E-state index is 0.196. The van der Waals surface area contributed by atoms with E-state index in [9.17, 15) is 9.18 Å². The topological polar surface area (TPSA) is 77.1 Å². The Labute approximate surface area is 195 Å². The third-order valence-corrected chi connectivity index (χ3v) is 5.63. The van der Waals surface area contributed by atoms with Gasteiger partial charge in [0.1, 0.15) is 5.82 Å². The van der Waals surface area contributed by atoms with Gasteiger partial charge in [-0.1, -0.05) is 35.5 Å². The molecule has 2 aromatic carbocycles. The molecule has 170 valence electrons. The van der Waals surface area contributed by atoms with E-state index < -0.39 is 0 Å². The van der Waals surface area contributed by atoms with E-state index in [1.807, 2.05) is 41.2 Å². The second kappa shape index (κ2) is 8.90. The van der Waals surface area contributed by atoms with Gasteiger partial charge in [0, 0.05) is 30.9 Å². The van der Waals surface area contributed by atoms with E-state index in [0.29, 0.717) is 41.0 Å². The van der Waals surface area contributed by atoms with Gasteiger partial charge in [0.25, 0.3) is 11.6 Å². The number of aromatic nitrogens is 4. The largest absolute Gasteiger partial charge is 0.337 e. The molecule has 5 rings (SSSR count). The van der Waals surface area contributed by atoms with E-state index in [4.69, 9.17) is 4.52 Å². The number of pyridine rings is 1. The first kappa shape index (κ1) is 21.5. The van der Waals surface area contributed by atoms with Crippen LogP contribution in [0.3, 0.4) is 0 Å². The van der Waals surface area contributed by atoms with Crippen molar-refractivity contribution in [3.63, 3.8) is 0 Å². The second-order valence-corrected chi connectivity index (χ2v) is 8.20. The average molecular weight is 455 g/mol. The summed E-state index contributed by atoms with van der Waals surface area (Å²) < 4.78 is 20.6. The van der Waals surface area contributed by atoms with Gasteiger partial charge in [-0.05, 0) is 42.8 Å². The van der Waals surface area contributed by atoms with Crippen LogP contribution in [0.25, 0.3) is 22.4 Å². The van der Waals surface area contributed by atoms with Crippen LogP contribution in [0.2, 0.25) is 0 Å². The van der Waals surface area contributed by atoms with Crippen molar-refractivity contribution in [2.45, 2.75) is 20.0 Å². The van der Waals surface area contributed by atoms with Crippen LogP contribution < -0.4 is 0 Å². The summed E-state index contributed by atoms with van der Waals surface area (Å²) in [5.74, 6) is -0.540. The Morgan fingerprint density at radius 1 is 1.09 bits per heavy atom. The Morgan fingerprint density at radius 3 is 2.62 bits per heavy atom. The monoisotopic (exact) mass is 455 g/mol. The molecular weight excluding hydrogens is 433 g/mol. The van der Waals surface area contributed by atoms with Crippen molar-refractivity contribution in [3.8, 4) is 11.3 Å². The highest BCUT2D eigenvalue weighted by Crippen LogP contribution is 2.28. The van der Waals surface area contributed by atoms with Gasteiger partial charge in [-0.3, -0.25) is 9.48 Å². The fraction of sp³-hybridized carbons (Fsp3) is 0.154. The number of hydrogen-bond acceptors (Lipinski definition) is 5. The highest BCUT2D eigenvalue weighted by atomic mass is 19.1. The third-order valence-electron chi connectivity index (χ3n) is 5.63. The molecule has 0 atom stereocenters. The van der Waals surface area contributed by atoms with Crippen molar-refractivity contribution in [1.29, 1.82) is 0 Å². The lowest BCUT2D eigenvalue weighted by atomic mass is 10.0. The number of fused-ring (bicyclic) bond motifs is 1. The summed E-state index contributed by atoms with van der Waals surface area (Å²) in [5, 5.41) is 8.99. The zero-order valence-electron chi connectivity index (χ0n) is 18.8. The molecule has 34 heavy (non-hydrogen) atoms. The molecule has 0 radical (unpaired) electrons. The maximum absolute atomic E-state index is 13.5. The molecule has 7 nitrogen and oxygen atoms in total. The van der Waals surface area contributed by atoms with E-state index in [-0.39, 0.29) is 17.4 Å². The summed E-state index contributed by atoms with van der Waals surface area (Å²) in [6, 6.07) is 17.7. The van der Waals surface area contributed by atoms with E-state index >= 15 is 0 Å². The van der Waals surface area contributed by atoms with Gasteiger partial charge in [-0.25, -0.2) is 9.37 Å². The Hall–Kier alpha value is -4.33. The van der Waals surface area contributed by atoms with Gasteiger partial charge < -0.3 is 9.42 Å². The van der Waals surface area contributed by atoms with Crippen LogP contribution in [0.15, 0.2) is 77.6 Å². The summed E-state index contributed by atoms with van der Waals surface area (Å²) in [5.41, 5.74) is 4.54. The molecule has 1 amide bonds. The number of nitrogens with zero attached hydrogens (tertiary/aromatic N) is 5. The predicted octanol–water partition coefficient (Wildman–Crippen LogP) is 4.85. The van der Waals surface area contributed by atoms with Gasteiger partial charge in [0.05, 0.1) is 35.1 Å². The van der Waals surface area contributed by atoms with Crippen LogP contribution in [0.4, 0.5) is 4.39 Å². The lowest BCUT2D eigenvalue weighted by molar-refractivity contribution is 0.0787. The second-order valence-electron chi connectivity index (χ2n) is 8.20. The summed E-state index contributed by atoms with van der Waals surface area (Å²) >= 11 is 0. The van der Waals surface area contributed by atoms with Crippen LogP contribution in [-0.4, -0.2) is 37.8 Å². The molecule has 0 fully saturated rings. The highest BCUT2D eigenvalue weighted by Gasteiger charge is 2.22. The summed E-state index contributed by atoms with van der Waals surface area (Å²) in [6.45, 7) is 2.81. The normalized spacial score (nSPS) is 11.1. The smallest absolute Gasteiger partial charge is 0.259 e. The van der Waals surface area contributed by atoms with Crippen molar-refractivity contribution in [3.05, 3.63) is 101 Å². The number of aryl methyl sites for hydroxylation is 1. The standard InChI is InChI=1S/C26H22FN5O2/c1-17-24-22(12-23(29-25(24)34-30-17)20-8-10-21(27)11-9-20)26(33)31(2)14-19-13-28-32(16-19)15-18-6-4-3-5-7-18/h3-13,16H,14-15H2,1-2H3. The van der Waals surface area contributed by atoms with Crippen molar-refractivity contribution < 1.29 is 13.7 Å². The average Bonchev–Trinajstić information content (AvgIpc) is 3.45. The molecule has 0 aliphatic heterocycles. The zero-order chi connectivity index (χ0) is 23.7. The van der Waals surface area contributed by atoms with Crippen LogP contribution >= 0.6 is 0 Å². The van der Waals surface area contributed by atoms with Crippen molar-refractivity contribution in [1.82, 2.24) is 24.8 Å². The number of amides is 1. The van der Waals surface area contributed by atoms with E-state index in [1.54, 1.807) is 43.3 Å². The fourth-order valence-electron chi connectivity index (χ4n) is 3.93. The molecule has 0 spiro atoms. The van der Waals surface area contributed by atoms with Crippen LogP contribution in [-0.2, 0) is 13.1 Å². The molecule has 0 bridgehead atoms. The van der Waals surface area contributed by atoms with Crippen LogP contribution in [0.5, 0.6) is 0 Å². The fourth-order valence-corrected chi connectivity index (χ4v) is 3.93. The molecule has 0 aliphatic rings. The maximum Gasteiger partial charge on any atom is 0.259 e. The van der Waals surface area contributed by atoms with Crippen LogP contribution in [0.1, 0.15) is 27.2 Å². The molecule has 8 heteroatoms. The number of benzene rings is 2. The molecule has 3 aromatic heterocycles. The number of hydrogen-bond donors (Lipinski definition) is 0. The SMILES string of the molecule is Cc1noc2nc(-c3ccc(F)cc3)cc(C(=O)N(C)Cc3cnn(Cc4ccccc4)c3)c12. The van der Waals surface area contributed by atoms with E-state index in [2.05, 4.69) is 15.2 Å². The number of carbonyl (C=O) groups is 1. The predicted molar refractivity (Wildman–Crippen MR) is 126 cm³/mol. The summed E-state index contributed by atoms with van der Waals surface area (Å²) in [4.78, 5) is 19.6.